The largest absolute Gasteiger partial charge is 0.501 e. The van der Waals surface area contributed by atoms with Gasteiger partial charge in [0.05, 0.1) is 35.3 Å². The molecule has 1 saturated carbocycles. The van der Waals surface area contributed by atoms with Crippen molar-refractivity contribution in [3.8, 4) is 0 Å². The molecule has 0 bridgehead atoms. The van der Waals surface area contributed by atoms with Crippen molar-refractivity contribution in [2.45, 2.75) is 58.4 Å². The molecular formula is C24H32BrNO5S2. The Morgan fingerprint density at radius 1 is 1.12 bits per heavy atom. The third kappa shape index (κ3) is 3.77. The summed E-state index contributed by atoms with van der Waals surface area (Å²) >= 11 is 3.68. The van der Waals surface area contributed by atoms with Gasteiger partial charge in [-0.25, -0.2) is 16.8 Å². The van der Waals surface area contributed by atoms with Crippen LogP contribution in [0.4, 0.5) is 0 Å². The van der Waals surface area contributed by atoms with E-state index in [0.29, 0.717) is 29.9 Å². The molecule has 1 saturated heterocycles. The minimum Gasteiger partial charge on any atom is -0.501 e. The first-order valence-electron chi connectivity index (χ1n) is 11.8. The number of fused-ring (bicyclic) bond motifs is 1. The number of ether oxygens (including phenoxy) is 1. The van der Waals surface area contributed by atoms with Crippen LogP contribution in [-0.4, -0.2) is 45.8 Å². The molecule has 9 heteroatoms. The predicted octanol–water partition coefficient (Wildman–Crippen LogP) is 4.63. The molecule has 0 N–H and O–H groups in total. The van der Waals surface area contributed by atoms with Crippen LogP contribution in [0.25, 0.3) is 0 Å². The summed E-state index contributed by atoms with van der Waals surface area (Å²) in [5.74, 6) is 1.36. The van der Waals surface area contributed by atoms with Crippen LogP contribution in [0.1, 0.15) is 52.4 Å². The van der Waals surface area contributed by atoms with E-state index in [-0.39, 0.29) is 35.3 Å². The molecule has 5 rings (SSSR count). The van der Waals surface area contributed by atoms with Crippen molar-refractivity contribution in [2.24, 2.45) is 23.2 Å². The summed E-state index contributed by atoms with van der Waals surface area (Å²) in [4.78, 5) is 0.302. The third-order valence-electron chi connectivity index (χ3n) is 8.16. The predicted molar refractivity (Wildman–Crippen MR) is 132 cm³/mol. The Hall–Kier alpha value is -1.06. The highest BCUT2D eigenvalue weighted by atomic mass is 79.9. The van der Waals surface area contributed by atoms with E-state index in [1.807, 2.05) is 13.0 Å². The van der Waals surface area contributed by atoms with E-state index >= 15 is 0 Å². The van der Waals surface area contributed by atoms with Gasteiger partial charge in [-0.2, -0.15) is 0 Å². The second kappa shape index (κ2) is 7.98. The topological polar surface area (TPSA) is 80.8 Å². The summed E-state index contributed by atoms with van der Waals surface area (Å²) in [6, 6.07) is -0.222. The van der Waals surface area contributed by atoms with Crippen LogP contribution in [0, 0.1) is 23.2 Å². The van der Waals surface area contributed by atoms with E-state index in [0.717, 1.165) is 35.0 Å². The molecule has 1 spiro atoms. The van der Waals surface area contributed by atoms with Gasteiger partial charge in [0.15, 0.2) is 0 Å². The minimum absolute atomic E-state index is 0.0299. The Morgan fingerprint density at radius 3 is 2.39 bits per heavy atom. The summed E-state index contributed by atoms with van der Waals surface area (Å²) in [6.07, 6.45) is 9.91. The number of nitrogens with zero attached hydrogens (tertiary/aromatic N) is 1. The van der Waals surface area contributed by atoms with E-state index in [4.69, 9.17) is 4.74 Å². The third-order valence-corrected chi connectivity index (χ3v) is 12.2. The lowest BCUT2D eigenvalue weighted by atomic mass is 9.68. The first-order chi connectivity index (χ1) is 15.5. The number of halogens is 1. The van der Waals surface area contributed by atoms with Crippen molar-refractivity contribution < 1.29 is 21.6 Å². The zero-order chi connectivity index (χ0) is 23.8. The van der Waals surface area contributed by atoms with Crippen molar-refractivity contribution in [2.75, 3.05) is 18.6 Å². The van der Waals surface area contributed by atoms with E-state index in [1.165, 1.54) is 0 Å². The number of sulfonamides is 1. The van der Waals surface area contributed by atoms with Crippen LogP contribution in [-0.2, 0) is 24.6 Å². The lowest BCUT2D eigenvalue weighted by molar-refractivity contribution is 0.180. The molecule has 2 heterocycles. The van der Waals surface area contributed by atoms with Crippen LogP contribution >= 0.6 is 15.9 Å². The number of methoxy groups -OCH3 is 1. The SMILES string of the molecule is COC1=CC(S(=O)(=O)N2C3=C(C=C(Br)CC3C)C3(CCS(=O)(=O)CC3)C2C2CC2)=CCC1C. The molecule has 6 nitrogen and oxygen atoms in total. The molecule has 0 aromatic heterocycles. The lowest BCUT2D eigenvalue weighted by Gasteiger charge is -2.43. The fourth-order valence-corrected chi connectivity index (χ4v) is 10.6. The maximum Gasteiger partial charge on any atom is 0.264 e. The van der Waals surface area contributed by atoms with Gasteiger partial charge in [-0.1, -0.05) is 35.9 Å². The maximum absolute atomic E-state index is 14.3. The van der Waals surface area contributed by atoms with Gasteiger partial charge < -0.3 is 4.74 Å². The highest BCUT2D eigenvalue weighted by Crippen LogP contribution is 2.62. The Bertz CT molecular complexity index is 1190. The standard InChI is InChI=1S/C24H32BrNO5S2/c1-15-4-7-19(14-21(15)31-3)33(29,30)26-22-16(2)12-18(25)13-20(22)24(23(26)17-5-6-17)8-10-32(27,28)11-9-24/h7,13-17,23H,4-6,8-12H2,1-3H3. The van der Waals surface area contributed by atoms with Crippen molar-refractivity contribution in [3.05, 3.63) is 44.6 Å². The zero-order valence-corrected chi connectivity index (χ0v) is 22.6. The fraction of sp³-hybridized carbons (Fsp3) is 0.667. The molecule has 33 heavy (non-hydrogen) atoms. The van der Waals surface area contributed by atoms with Crippen molar-refractivity contribution in [1.29, 1.82) is 0 Å². The van der Waals surface area contributed by atoms with Crippen molar-refractivity contribution >= 4 is 35.8 Å². The highest BCUT2D eigenvalue weighted by molar-refractivity contribution is 9.11. The minimum atomic E-state index is -3.82. The van der Waals surface area contributed by atoms with Crippen LogP contribution < -0.4 is 0 Å². The van der Waals surface area contributed by atoms with Crippen LogP contribution in [0.3, 0.4) is 0 Å². The zero-order valence-electron chi connectivity index (χ0n) is 19.4. The van der Waals surface area contributed by atoms with Crippen LogP contribution in [0.5, 0.6) is 0 Å². The second-order valence-electron chi connectivity index (χ2n) is 10.4. The maximum atomic E-state index is 14.3. The smallest absolute Gasteiger partial charge is 0.264 e. The van der Waals surface area contributed by atoms with Gasteiger partial charge in [0.25, 0.3) is 10.0 Å². The van der Waals surface area contributed by atoms with Gasteiger partial charge in [-0.15, -0.1) is 0 Å². The first-order valence-corrected chi connectivity index (χ1v) is 15.9. The van der Waals surface area contributed by atoms with Crippen LogP contribution in [0.15, 0.2) is 44.6 Å². The quantitative estimate of drug-likeness (QED) is 0.503. The Kier molecular flexibility index (Phi) is 5.73. The average Bonchev–Trinajstić information content (AvgIpc) is 3.54. The molecule has 2 fully saturated rings. The monoisotopic (exact) mass is 557 g/mol. The van der Waals surface area contributed by atoms with E-state index in [2.05, 4.69) is 28.9 Å². The summed E-state index contributed by atoms with van der Waals surface area (Å²) < 4.78 is 61.7. The molecule has 0 aromatic rings. The average molecular weight is 559 g/mol. The summed E-state index contributed by atoms with van der Waals surface area (Å²) in [5.41, 5.74) is 1.48. The number of allylic oxidation sites excluding steroid dienone is 6. The molecule has 5 aliphatic rings. The van der Waals surface area contributed by atoms with Crippen molar-refractivity contribution in [1.82, 2.24) is 4.31 Å². The molecule has 3 aliphatic carbocycles. The first kappa shape index (κ1) is 23.7. The molecule has 0 aromatic carbocycles. The molecule has 3 atom stereocenters. The fourth-order valence-electron chi connectivity index (χ4n) is 6.32. The normalized spacial score (nSPS) is 33.4. The van der Waals surface area contributed by atoms with E-state index < -0.39 is 25.3 Å². The summed E-state index contributed by atoms with van der Waals surface area (Å²) in [6.45, 7) is 4.12. The number of rotatable bonds is 4. The number of hydrogen-bond acceptors (Lipinski definition) is 5. The second-order valence-corrected chi connectivity index (χ2v) is 15.5. The molecule has 2 aliphatic heterocycles. The molecule has 182 valence electrons. The lowest BCUT2D eigenvalue weighted by Crippen LogP contribution is -2.49. The Balaban J connectivity index is 1.68. The summed E-state index contributed by atoms with van der Waals surface area (Å²) in [7, 11) is -5.32. The van der Waals surface area contributed by atoms with Crippen LogP contribution in [0.2, 0.25) is 0 Å². The summed E-state index contributed by atoms with van der Waals surface area (Å²) in [5, 5.41) is 0. The van der Waals surface area contributed by atoms with Gasteiger partial charge in [0.1, 0.15) is 9.84 Å². The molecule has 0 amide bonds. The molecule has 0 radical (unpaired) electrons. The number of hydrogen-bond donors (Lipinski definition) is 0. The van der Waals surface area contributed by atoms with Gasteiger partial charge in [0.2, 0.25) is 0 Å². The highest BCUT2D eigenvalue weighted by Gasteiger charge is 2.62. The molecule has 3 unspecified atom stereocenters. The van der Waals surface area contributed by atoms with E-state index in [1.54, 1.807) is 17.5 Å². The molecular weight excluding hydrogens is 526 g/mol. The number of sulfone groups is 1. The Morgan fingerprint density at radius 2 is 1.79 bits per heavy atom. The van der Waals surface area contributed by atoms with Gasteiger partial charge in [-0.05, 0) is 66.7 Å². The van der Waals surface area contributed by atoms with Gasteiger partial charge >= 0.3 is 0 Å². The van der Waals surface area contributed by atoms with Crippen molar-refractivity contribution in [3.63, 3.8) is 0 Å². The van der Waals surface area contributed by atoms with E-state index in [9.17, 15) is 16.8 Å². The van der Waals surface area contributed by atoms with Gasteiger partial charge in [-0.3, -0.25) is 4.31 Å². The van der Waals surface area contributed by atoms with Gasteiger partial charge in [0, 0.05) is 22.9 Å². The Labute approximate surface area is 205 Å².